The summed E-state index contributed by atoms with van der Waals surface area (Å²) in [4.78, 5) is 24.3. The highest BCUT2D eigenvalue weighted by Crippen LogP contribution is 2.46. The predicted octanol–water partition coefficient (Wildman–Crippen LogP) is 6.43. The average Bonchev–Trinajstić information content (AvgIpc) is 3.09. The maximum Gasteiger partial charge on any atom is 0.225 e. The van der Waals surface area contributed by atoms with Crippen LogP contribution in [0.2, 0.25) is 0 Å². The molecule has 0 aromatic carbocycles. The van der Waals surface area contributed by atoms with Gasteiger partial charge in [-0.3, -0.25) is 4.79 Å². The van der Waals surface area contributed by atoms with E-state index in [1.165, 1.54) is 0 Å². The molecule has 2 aliphatic heterocycles. The SMILES string of the molecule is CCC1CC(C)C2(NC1=O)OC(CC(O)C(C)CC/C=C/C=C(\C)C(O)C/C=C/C=C/[C@H](O)C(C)C(O)C(CCC(C)=O)C(C)C)C(C)C(O)C2C. The summed E-state index contributed by atoms with van der Waals surface area (Å²) in [6.45, 7) is 19.3. The van der Waals surface area contributed by atoms with E-state index < -0.39 is 36.2 Å². The lowest BCUT2D eigenvalue weighted by molar-refractivity contribution is -0.267. The zero-order valence-corrected chi connectivity index (χ0v) is 33.7. The predicted molar refractivity (Wildman–Crippen MR) is 208 cm³/mol. The molecule has 2 fully saturated rings. The molecule has 1 amide bonds. The summed E-state index contributed by atoms with van der Waals surface area (Å²) in [5.41, 5.74) is -0.118. The minimum atomic E-state index is -0.937. The number of hydrogen-bond donors (Lipinski definition) is 6. The molecule has 0 aliphatic carbocycles. The average molecular weight is 732 g/mol. The molecule has 0 bridgehead atoms. The molecule has 0 saturated carbocycles. The van der Waals surface area contributed by atoms with E-state index in [9.17, 15) is 35.1 Å². The second-order valence-electron chi connectivity index (χ2n) is 16.6. The maximum absolute atomic E-state index is 12.9. The van der Waals surface area contributed by atoms with E-state index in [1.807, 2.05) is 79.7 Å². The summed E-state index contributed by atoms with van der Waals surface area (Å²) in [6.07, 6.45) is 13.8. The molecule has 1 spiro atoms. The van der Waals surface area contributed by atoms with Gasteiger partial charge in [0.2, 0.25) is 5.91 Å². The molecule has 0 aromatic rings. The Balaban J connectivity index is 1.82. The summed E-state index contributed by atoms with van der Waals surface area (Å²) in [7, 11) is 0. The summed E-state index contributed by atoms with van der Waals surface area (Å²) in [5.74, 6) is -0.645. The van der Waals surface area contributed by atoms with Crippen LogP contribution in [0.25, 0.3) is 0 Å². The molecule has 2 saturated heterocycles. The Hall–Kier alpha value is -2.14. The van der Waals surface area contributed by atoms with E-state index in [0.29, 0.717) is 32.1 Å². The van der Waals surface area contributed by atoms with E-state index in [1.54, 1.807) is 25.2 Å². The number of allylic oxidation sites excluding steroid dienone is 5. The fourth-order valence-corrected chi connectivity index (χ4v) is 7.98. The Morgan fingerprint density at radius 1 is 1.00 bits per heavy atom. The molecule has 52 heavy (non-hydrogen) atoms. The lowest BCUT2D eigenvalue weighted by Crippen LogP contribution is -2.71. The van der Waals surface area contributed by atoms with Crippen LogP contribution in [0, 0.1) is 47.3 Å². The number of amides is 1. The number of carbonyl (C=O) groups excluding carboxylic acids is 2. The van der Waals surface area contributed by atoms with Gasteiger partial charge in [-0.05, 0) is 75.7 Å². The van der Waals surface area contributed by atoms with Gasteiger partial charge in [0, 0.05) is 42.4 Å². The molecule has 6 N–H and O–H groups in total. The van der Waals surface area contributed by atoms with E-state index in [4.69, 9.17) is 4.74 Å². The first-order valence-electron chi connectivity index (χ1n) is 19.9. The van der Waals surface area contributed by atoms with Crippen LogP contribution in [-0.2, 0) is 14.3 Å². The molecular formula is C43H73NO8. The quantitative estimate of drug-likeness (QED) is 0.0783. The Bertz CT molecular complexity index is 1230. The van der Waals surface area contributed by atoms with Crippen molar-refractivity contribution in [3.8, 4) is 0 Å². The largest absolute Gasteiger partial charge is 0.393 e. The first-order chi connectivity index (χ1) is 24.4. The lowest BCUT2D eigenvalue weighted by Gasteiger charge is -2.56. The number of ketones is 1. The fraction of sp³-hybridized carbons (Fsp3) is 0.767. The van der Waals surface area contributed by atoms with Gasteiger partial charge >= 0.3 is 0 Å². The van der Waals surface area contributed by atoms with Gasteiger partial charge in [0.05, 0.1) is 36.6 Å². The van der Waals surface area contributed by atoms with E-state index in [0.717, 1.165) is 24.8 Å². The van der Waals surface area contributed by atoms with Gasteiger partial charge in [-0.15, -0.1) is 0 Å². The highest BCUT2D eigenvalue weighted by molar-refractivity contribution is 5.80. The van der Waals surface area contributed by atoms with Gasteiger partial charge in [0.1, 0.15) is 11.5 Å². The van der Waals surface area contributed by atoms with Crippen molar-refractivity contribution in [2.75, 3.05) is 0 Å². The maximum atomic E-state index is 12.9. The van der Waals surface area contributed by atoms with Crippen LogP contribution >= 0.6 is 0 Å². The smallest absolute Gasteiger partial charge is 0.225 e. The number of nitrogens with one attached hydrogen (secondary N) is 1. The number of rotatable bonds is 20. The monoisotopic (exact) mass is 732 g/mol. The van der Waals surface area contributed by atoms with Crippen LogP contribution in [0.5, 0.6) is 0 Å². The van der Waals surface area contributed by atoms with Crippen molar-refractivity contribution in [2.24, 2.45) is 47.3 Å². The van der Waals surface area contributed by atoms with Gasteiger partial charge < -0.3 is 40.4 Å². The van der Waals surface area contributed by atoms with Crippen LogP contribution in [0.4, 0.5) is 0 Å². The van der Waals surface area contributed by atoms with E-state index in [2.05, 4.69) is 12.2 Å². The van der Waals surface area contributed by atoms with Crippen molar-refractivity contribution >= 4 is 11.7 Å². The molecular weight excluding hydrogens is 658 g/mol. The molecule has 2 aliphatic rings. The third kappa shape index (κ3) is 12.7. The normalized spacial score (nSPS) is 31.6. The third-order valence-electron chi connectivity index (χ3n) is 12.3. The van der Waals surface area contributed by atoms with Crippen molar-refractivity contribution in [3.05, 3.63) is 48.1 Å². The van der Waals surface area contributed by atoms with Crippen molar-refractivity contribution in [1.82, 2.24) is 5.32 Å². The first kappa shape index (κ1) is 46.0. The van der Waals surface area contributed by atoms with Crippen LogP contribution in [0.15, 0.2) is 48.1 Å². The minimum absolute atomic E-state index is 0.00210. The highest BCUT2D eigenvalue weighted by atomic mass is 16.5. The molecule has 13 unspecified atom stereocenters. The number of aliphatic hydroxyl groups excluding tert-OH is 5. The summed E-state index contributed by atoms with van der Waals surface area (Å²) in [6, 6.07) is 0. The number of Topliss-reactive ketones (excluding diaryl/α,β-unsaturated/α-hetero) is 1. The molecule has 9 nitrogen and oxygen atoms in total. The van der Waals surface area contributed by atoms with Gasteiger partial charge in [-0.2, -0.15) is 0 Å². The number of carbonyl (C=O) groups is 2. The molecule has 14 atom stereocenters. The number of aliphatic hydroxyl groups is 5. The number of piperidine rings is 1. The second-order valence-corrected chi connectivity index (χ2v) is 16.6. The Morgan fingerprint density at radius 3 is 2.29 bits per heavy atom. The van der Waals surface area contributed by atoms with Gasteiger partial charge in [-0.1, -0.05) is 97.9 Å². The van der Waals surface area contributed by atoms with Crippen molar-refractivity contribution in [3.63, 3.8) is 0 Å². The van der Waals surface area contributed by atoms with Gasteiger partial charge in [-0.25, -0.2) is 0 Å². The summed E-state index contributed by atoms with van der Waals surface area (Å²) in [5, 5.41) is 57.6. The van der Waals surface area contributed by atoms with Crippen molar-refractivity contribution < 1.29 is 39.9 Å². The van der Waals surface area contributed by atoms with Crippen LogP contribution in [0.1, 0.15) is 121 Å². The Kier molecular flexibility index (Phi) is 19.2. The van der Waals surface area contributed by atoms with Crippen molar-refractivity contribution in [1.29, 1.82) is 0 Å². The molecule has 2 heterocycles. The number of hydrogen-bond acceptors (Lipinski definition) is 8. The molecule has 0 radical (unpaired) electrons. The first-order valence-corrected chi connectivity index (χ1v) is 19.9. The van der Waals surface area contributed by atoms with E-state index >= 15 is 0 Å². The third-order valence-corrected chi connectivity index (χ3v) is 12.3. The molecule has 0 aromatic heterocycles. The minimum Gasteiger partial charge on any atom is -0.393 e. The fourth-order valence-electron chi connectivity index (χ4n) is 7.98. The lowest BCUT2D eigenvalue weighted by atomic mass is 9.69. The molecule has 298 valence electrons. The van der Waals surface area contributed by atoms with Crippen LogP contribution < -0.4 is 5.32 Å². The van der Waals surface area contributed by atoms with Gasteiger partial charge in [0.25, 0.3) is 0 Å². The van der Waals surface area contributed by atoms with Crippen LogP contribution in [-0.4, -0.2) is 79.6 Å². The zero-order chi connectivity index (χ0) is 39.3. The molecule has 9 heteroatoms. The number of ether oxygens (including phenoxy) is 1. The Morgan fingerprint density at radius 2 is 1.67 bits per heavy atom. The van der Waals surface area contributed by atoms with Crippen molar-refractivity contribution in [2.45, 2.75) is 163 Å². The van der Waals surface area contributed by atoms with Crippen LogP contribution in [0.3, 0.4) is 0 Å². The Labute approximate surface area is 314 Å². The topological polar surface area (TPSA) is 157 Å². The molecule has 2 rings (SSSR count). The zero-order valence-electron chi connectivity index (χ0n) is 33.7. The second kappa shape index (κ2) is 21.7. The van der Waals surface area contributed by atoms with E-state index in [-0.39, 0.29) is 65.1 Å². The summed E-state index contributed by atoms with van der Waals surface area (Å²) < 4.78 is 6.66. The summed E-state index contributed by atoms with van der Waals surface area (Å²) >= 11 is 0. The standard InChI is InChI=1S/C43H73NO8/c1-11-34-24-29(6)43(44-42(34)51)33(10)40(49)32(9)39(52-43)25-38(48)28(5)19-15-12-14-18-27(4)36(46)20-16-13-17-21-37(47)31(8)41(50)35(26(2)3)23-22-30(7)45/h12-14,16-18,21,26,28-29,31-41,46-50H,11,15,19-20,22-25H2,1-10H3,(H,44,51)/b14-12+,16-13+,21-17+,27-18+/t28?,29?,31?,32?,33?,34?,35?,36?,37-,38?,39?,40?,41?,43?/m0/s1. The van der Waals surface area contributed by atoms with Gasteiger partial charge in [0.15, 0.2) is 0 Å². The highest BCUT2D eigenvalue weighted by Gasteiger charge is 2.57.